The molecule has 0 spiro atoms. The summed E-state index contributed by atoms with van der Waals surface area (Å²) in [6.45, 7) is 14.8. The monoisotopic (exact) mass is 230 g/mol. The van der Waals surface area contributed by atoms with Crippen LogP contribution in [0.1, 0.15) is 61.3 Å². The second-order valence-electron chi connectivity index (χ2n) is 5.97. The van der Waals surface area contributed by atoms with Crippen molar-refractivity contribution in [2.45, 2.75) is 72.5 Å². The molecular weight excluding hydrogens is 203 g/mol. The van der Waals surface area contributed by atoms with E-state index in [2.05, 4.69) is 6.92 Å². The first-order chi connectivity index (χ1) is 7.14. The van der Waals surface area contributed by atoms with E-state index in [9.17, 15) is 0 Å². The van der Waals surface area contributed by atoms with Gasteiger partial charge in [-0.25, -0.2) is 0 Å². The molecule has 0 aliphatic heterocycles. The summed E-state index contributed by atoms with van der Waals surface area (Å²) in [6.07, 6.45) is 2.13. The van der Waals surface area contributed by atoms with Gasteiger partial charge >= 0.3 is 7.32 Å². The molecule has 4 heteroatoms. The van der Waals surface area contributed by atoms with Gasteiger partial charge in [0.2, 0.25) is 0 Å². The standard InChI is InChI=1S/C12H27BO3/c1-8-9-10-14-13(15-11(2,3)4)16-12(5,6)7/h8-10H2,1-7H3. The largest absolute Gasteiger partial charge is 0.640 e. The lowest BCUT2D eigenvalue weighted by molar-refractivity contribution is -0.0193. The van der Waals surface area contributed by atoms with E-state index in [0.29, 0.717) is 6.61 Å². The molecule has 0 saturated heterocycles. The Hall–Kier alpha value is -0.0551. The average Bonchev–Trinajstić information content (AvgIpc) is 1.97. The molecule has 0 atom stereocenters. The molecule has 96 valence electrons. The fraction of sp³-hybridized carbons (Fsp3) is 1.00. The Balaban J connectivity index is 4.17. The van der Waals surface area contributed by atoms with E-state index in [4.69, 9.17) is 14.0 Å². The van der Waals surface area contributed by atoms with E-state index in [1.165, 1.54) is 0 Å². The molecule has 0 saturated carbocycles. The molecule has 0 radical (unpaired) electrons. The van der Waals surface area contributed by atoms with Gasteiger partial charge < -0.3 is 14.0 Å². The third kappa shape index (κ3) is 10.5. The highest BCUT2D eigenvalue weighted by atomic mass is 16.7. The van der Waals surface area contributed by atoms with E-state index in [1.54, 1.807) is 0 Å². The van der Waals surface area contributed by atoms with E-state index < -0.39 is 7.32 Å². The predicted molar refractivity (Wildman–Crippen MR) is 68.3 cm³/mol. The normalized spacial score (nSPS) is 12.9. The summed E-state index contributed by atoms with van der Waals surface area (Å²) in [7, 11) is -0.577. The van der Waals surface area contributed by atoms with Crippen LogP contribution in [0, 0.1) is 0 Å². The first kappa shape index (κ1) is 15.9. The summed E-state index contributed by atoms with van der Waals surface area (Å²) in [5, 5.41) is 0. The van der Waals surface area contributed by atoms with Gasteiger partial charge in [-0.15, -0.1) is 0 Å². The number of hydrogen-bond donors (Lipinski definition) is 0. The zero-order valence-electron chi connectivity index (χ0n) is 11.9. The highest BCUT2D eigenvalue weighted by Crippen LogP contribution is 2.16. The van der Waals surface area contributed by atoms with E-state index in [1.807, 2.05) is 41.5 Å². The lowest BCUT2D eigenvalue weighted by Gasteiger charge is -2.29. The third-order valence-electron chi connectivity index (χ3n) is 1.65. The van der Waals surface area contributed by atoms with Crippen molar-refractivity contribution in [3.63, 3.8) is 0 Å². The fourth-order valence-electron chi connectivity index (χ4n) is 0.993. The SMILES string of the molecule is CCCCOB(OC(C)(C)C)OC(C)(C)C. The Bertz CT molecular complexity index is 166. The molecule has 0 heterocycles. The van der Waals surface area contributed by atoms with E-state index >= 15 is 0 Å². The van der Waals surface area contributed by atoms with Crippen molar-refractivity contribution in [3.8, 4) is 0 Å². The van der Waals surface area contributed by atoms with Gasteiger partial charge in [-0.1, -0.05) is 13.3 Å². The molecule has 3 nitrogen and oxygen atoms in total. The predicted octanol–water partition coefficient (Wildman–Crippen LogP) is 3.42. The second kappa shape index (κ2) is 6.62. The molecular formula is C12H27BO3. The van der Waals surface area contributed by atoms with Crippen LogP contribution in [0.2, 0.25) is 0 Å². The van der Waals surface area contributed by atoms with Crippen LogP contribution in [0.4, 0.5) is 0 Å². The summed E-state index contributed by atoms with van der Waals surface area (Å²) < 4.78 is 17.0. The van der Waals surface area contributed by atoms with Gasteiger partial charge in [0.15, 0.2) is 0 Å². The minimum atomic E-state index is -0.577. The second-order valence-corrected chi connectivity index (χ2v) is 5.97. The fourth-order valence-corrected chi connectivity index (χ4v) is 0.993. The average molecular weight is 230 g/mol. The van der Waals surface area contributed by atoms with Crippen molar-refractivity contribution >= 4 is 7.32 Å². The smallest absolute Gasteiger partial charge is 0.386 e. The number of rotatable bonds is 6. The Kier molecular flexibility index (Phi) is 6.60. The van der Waals surface area contributed by atoms with Gasteiger partial charge in [0.05, 0.1) is 0 Å². The highest BCUT2D eigenvalue weighted by molar-refractivity contribution is 6.36. The lowest BCUT2D eigenvalue weighted by Crippen LogP contribution is -2.41. The lowest BCUT2D eigenvalue weighted by atomic mass is 10.1. The molecule has 0 aromatic heterocycles. The van der Waals surface area contributed by atoms with Gasteiger partial charge in [-0.2, -0.15) is 0 Å². The molecule has 16 heavy (non-hydrogen) atoms. The van der Waals surface area contributed by atoms with Crippen LogP contribution < -0.4 is 0 Å². The Morgan fingerprint density at radius 3 is 1.62 bits per heavy atom. The number of unbranched alkanes of at least 4 members (excludes halogenated alkanes) is 1. The molecule has 0 rings (SSSR count). The molecule has 0 bridgehead atoms. The van der Waals surface area contributed by atoms with Crippen molar-refractivity contribution < 1.29 is 14.0 Å². The molecule has 0 fully saturated rings. The van der Waals surface area contributed by atoms with Gasteiger partial charge in [-0.05, 0) is 48.0 Å². The summed E-state index contributed by atoms with van der Waals surface area (Å²) >= 11 is 0. The van der Waals surface area contributed by atoms with E-state index in [-0.39, 0.29) is 11.2 Å². The first-order valence-electron chi connectivity index (χ1n) is 6.11. The third-order valence-corrected chi connectivity index (χ3v) is 1.65. The van der Waals surface area contributed by atoms with Gasteiger partial charge in [0.25, 0.3) is 0 Å². The van der Waals surface area contributed by atoms with Crippen LogP contribution in [-0.2, 0) is 14.0 Å². The maximum atomic E-state index is 5.72. The van der Waals surface area contributed by atoms with Crippen LogP contribution in [0.15, 0.2) is 0 Å². The molecule has 0 aliphatic carbocycles. The maximum Gasteiger partial charge on any atom is 0.640 e. The Labute approximate surface area is 101 Å². The molecule has 0 aromatic carbocycles. The summed E-state index contributed by atoms with van der Waals surface area (Å²) in [5.41, 5.74) is -0.524. The Morgan fingerprint density at radius 1 is 0.875 bits per heavy atom. The highest BCUT2D eigenvalue weighted by Gasteiger charge is 2.32. The van der Waals surface area contributed by atoms with E-state index in [0.717, 1.165) is 12.8 Å². The quantitative estimate of drug-likeness (QED) is 0.517. The maximum absolute atomic E-state index is 5.72. The van der Waals surface area contributed by atoms with Crippen molar-refractivity contribution in [2.24, 2.45) is 0 Å². The van der Waals surface area contributed by atoms with Crippen molar-refractivity contribution in [1.82, 2.24) is 0 Å². The molecule has 0 unspecified atom stereocenters. The summed E-state index contributed by atoms with van der Waals surface area (Å²) in [6, 6.07) is 0. The van der Waals surface area contributed by atoms with Crippen molar-refractivity contribution in [1.29, 1.82) is 0 Å². The first-order valence-corrected chi connectivity index (χ1v) is 6.11. The minimum absolute atomic E-state index is 0.262. The minimum Gasteiger partial charge on any atom is -0.386 e. The van der Waals surface area contributed by atoms with Crippen LogP contribution in [0.3, 0.4) is 0 Å². The molecule has 0 amide bonds. The summed E-state index contributed by atoms with van der Waals surface area (Å²) in [5.74, 6) is 0. The Morgan fingerprint density at radius 2 is 1.31 bits per heavy atom. The van der Waals surface area contributed by atoms with Crippen molar-refractivity contribution in [3.05, 3.63) is 0 Å². The van der Waals surface area contributed by atoms with Crippen molar-refractivity contribution in [2.75, 3.05) is 6.61 Å². The van der Waals surface area contributed by atoms with Crippen LogP contribution in [0.25, 0.3) is 0 Å². The number of hydrogen-bond acceptors (Lipinski definition) is 3. The molecule has 0 N–H and O–H groups in total. The molecule has 0 aliphatic rings. The zero-order valence-corrected chi connectivity index (χ0v) is 11.9. The van der Waals surface area contributed by atoms with Crippen LogP contribution >= 0.6 is 0 Å². The van der Waals surface area contributed by atoms with Gasteiger partial charge in [-0.3, -0.25) is 0 Å². The zero-order chi connectivity index (χ0) is 12.8. The van der Waals surface area contributed by atoms with Crippen LogP contribution in [0.5, 0.6) is 0 Å². The van der Waals surface area contributed by atoms with Crippen LogP contribution in [-0.4, -0.2) is 25.1 Å². The van der Waals surface area contributed by atoms with Gasteiger partial charge in [0, 0.05) is 17.8 Å². The van der Waals surface area contributed by atoms with Gasteiger partial charge in [0.1, 0.15) is 0 Å². The molecule has 0 aromatic rings. The summed E-state index contributed by atoms with van der Waals surface area (Å²) in [4.78, 5) is 0. The topological polar surface area (TPSA) is 27.7 Å².